The molecule has 0 radical (unpaired) electrons. The van der Waals surface area contributed by atoms with E-state index in [0.29, 0.717) is 6.04 Å². The Morgan fingerprint density at radius 1 is 1.39 bits per heavy atom. The summed E-state index contributed by atoms with van der Waals surface area (Å²) in [5.41, 5.74) is 0.808. The van der Waals surface area contributed by atoms with Crippen LogP contribution in [-0.4, -0.2) is 30.6 Å². The van der Waals surface area contributed by atoms with Gasteiger partial charge in [0.25, 0.3) is 0 Å². The van der Waals surface area contributed by atoms with Crippen molar-refractivity contribution in [1.82, 2.24) is 10.2 Å². The quantitative estimate of drug-likeness (QED) is 0.903. The molecule has 4 heteroatoms. The van der Waals surface area contributed by atoms with E-state index in [0.717, 1.165) is 42.1 Å². The highest BCUT2D eigenvalue weighted by Gasteiger charge is 2.32. The summed E-state index contributed by atoms with van der Waals surface area (Å²) < 4.78 is 14.6. The van der Waals surface area contributed by atoms with Crippen LogP contribution in [0.15, 0.2) is 22.7 Å². The summed E-state index contributed by atoms with van der Waals surface area (Å²) in [6.07, 6.45) is 2.47. The Bertz CT molecular complexity index is 438. The lowest BCUT2D eigenvalue weighted by atomic mass is 9.93. The van der Waals surface area contributed by atoms with Crippen molar-refractivity contribution in [3.63, 3.8) is 0 Å². The Kier molecular flexibility index (Phi) is 3.68. The van der Waals surface area contributed by atoms with Gasteiger partial charge in [0.15, 0.2) is 0 Å². The minimum Gasteiger partial charge on any atom is -0.314 e. The second-order valence-electron chi connectivity index (χ2n) is 5.37. The van der Waals surface area contributed by atoms with Gasteiger partial charge in [0.2, 0.25) is 0 Å². The molecule has 1 aromatic rings. The molecule has 2 unspecified atom stereocenters. The van der Waals surface area contributed by atoms with Crippen LogP contribution in [0.25, 0.3) is 0 Å². The standard InChI is InChI=1S/C14H18BrFN2/c15-12-2-1-10(13(16)7-12)8-18-6-4-14-11(9-18)3-5-17-14/h1-2,7,11,14,17H,3-6,8-9H2. The lowest BCUT2D eigenvalue weighted by molar-refractivity contribution is 0.154. The fraction of sp³-hybridized carbons (Fsp3) is 0.571. The number of piperidine rings is 1. The van der Waals surface area contributed by atoms with E-state index < -0.39 is 0 Å². The van der Waals surface area contributed by atoms with Crippen molar-refractivity contribution >= 4 is 15.9 Å². The molecule has 2 fully saturated rings. The Labute approximate surface area is 116 Å². The van der Waals surface area contributed by atoms with Gasteiger partial charge in [-0.2, -0.15) is 0 Å². The normalized spacial score (nSPS) is 28.3. The van der Waals surface area contributed by atoms with Crippen molar-refractivity contribution in [3.05, 3.63) is 34.1 Å². The van der Waals surface area contributed by atoms with Crippen LogP contribution < -0.4 is 5.32 Å². The van der Waals surface area contributed by atoms with Crippen molar-refractivity contribution in [2.45, 2.75) is 25.4 Å². The lowest BCUT2D eigenvalue weighted by Crippen LogP contribution is -2.44. The molecule has 0 spiro atoms. The number of fused-ring (bicyclic) bond motifs is 1. The molecule has 0 aromatic heterocycles. The summed E-state index contributed by atoms with van der Waals surface area (Å²) in [7, 11) is 0. The zero-order valence-corrected chi connectivity index (χ0v) is 11.9. The van der Waals surface area contributed by atoms with Crippen molar-refractivity contribution in [1.29, 1.82) is 0 Å². The van der Waals surface area contributed by atoms with Crippen molar-refractivity contribution in [2.24, 2.45) is 5.92 Å². The monoisotopic (exact) mass is 312 g/mol. The van der Waals surface area contributed by atoms with Gasteiger partial charge in [-0.15, -0.1) is 0 Å². The van der Waals surface area contributed by atoms with Crippen LogP contribution in [0.1, 0.15) is 18.4 Å². The molecule has 1 N–H and O–H groups in total. The van der Waals surface area contributed by atoms with E-state index >= 15 is 0 Å². The third-order valence-corrected chi connectivity index (χ3v) is 4.64. The summed E-state index contributed by atoms with van der Waals surface area (Å²) in [5, 5.41) is 3.55. The number of rotatable bonds is 2. The average molecular weight is 313 g/mol. The molecule has 0 aliphatic carbocycles. The first-order chi connectivity index (χ1) is 8.72. The van der Waals surface area contributed by atoms with E-state index in [-0.39, 0.29) is 5.82 Å². The zero-order chi connectivity index (χ0) is 12.5. The third kappa shape index (κ3) is 2.60. The molecule has 18 heavy (non-hydrogen) atoms. The molecule has 1 aromatic carbocycles. The Hall–Kier alpha value is -0.450. The molecule has 2 aliphatic heterocycles. The van der Waals surface area contributed by atoms with Crippen molar-refractivity contribution < 1.29 is 4.39 Å². The number of nitrogens with zero attached hydrogens (tertiary/aromatic N) is 1. The fourth-order valence-corrected chi connectivity index (χ4v) is 3.49. The SMILES string of the molecule is Fc1cc(Br)ccc1CN1CCC2NCCC2C1. The molecule has 2 heterocycles. The summed E-state index contributed by atoms with van der Waals surface area (Å²) >= 11 is 3.30. The van der Waals surface area contributed by atoms with Crippen LogP contribution in [0, 0.1) is 11.7 Å². The second kappa shape index (κ2) is 5.27. The van der Waals surface area contributed by atoms with Gasteiger partial charge in [-0.3, -0.25) is 4.90 Å². The number of likely N-dealkylation sites (tertiary alicyclic amines) is 1. The lowest BCUT2D eigenvalue weighted by Gasteiger charge is -2.34. The second-order valence-corrected chi connectivity index (χ2v) is 6.28. The van der Waals surface area contributed by atoms with Gasteiger partial charge in [-0.25, -0.2) is 4.39 Å². The molecule has 2 nitrogen and oxygen atoms in total. The molecule has 0 bridgehead atoms. The number of hydrogen-bond acceptors (Lipinski definition) is 2. The Morgan fingerprint density at radius 2 is 2.28 bits per heavy atom. The van der Waals surface area contributed by atoms with Gasteiger partial charge in [0, 0.05) is 29.2 Å². The summed E-state index contributed by atoms with van der Waals surface area (Å²) in [6.45, 7) is 4.06. The van der Waals surface area contributed by atoms with Crippen LogP contribution in [0.3, 0.4) is 0 Å². The zero-order valence-electron chi connectivity index (χ0n) is 10.3. The molecule has 98 valence electrons. The fourth-order valence-electron chi connectivity index (χ4n) is 3.16. The molecule has 2 aliphatic rings. The first kappa shape index (κ1) is 12.6. The third-order valence-electron chi connectivity index (χ3n) is 4.15. The predicted molar refractivity (Wildman–Crippen MR) is 73.9 cm³/mol. The van der Waals surface area contributed by atoms with Crippen LogP contribution >= 0.6 is 15.9 Å². The molecule has 2 atom stereocenters. The van der Waals surface area contributed by atoms with E-state index in [1.807, 2.05) is 12.1 Å². The number of benzene rings is 1. The van der Waals surface area contributed by atoms with Crippen LogP contribution in [0.4, 0.5) is 4.39 Å². The minimum absolute atomic E-state index is 0.101. The maximum Gasteiger partial charge on any atom is 0.128 e. The van der Waals surface area contributed by atoms with Gasteiger partial charge in [-0.05, 0) is 44.0 Å². The first-order valence-electron chi connectivity index (χ1n) is 6.62. The van der Waals surface area contributed by atoms with E-state index in [4.69, 9.17) is 0 Å². The molecule has 2 saturated heterocycles. The number of nitrogens with one attached hydrogen (secondary N) is 1. The van der Waals surface area contributed by atoms with Gasteiger partial charge < -0.3 is 5.32 Å². The topological polar surface area (TPSA) is 15.3 Å². The summed E-state index contributed by atoms with van der Waals surface area (Å²) in [4.78, 5) is 2.39. The number of hydrogen-bond donors (Lipinski definition) is 1. The molecule has 3 rings (SSSR count). The van der Waals surface area contributed by atoms with Crippen LogP contribution in [0.5, 0.6) is 0 Å². The molecular weight excluding hydrogens is 295 g/mol. The highest BCUT2D eigenvalue weighted by molar-refractivity contribution is 9.10. The van der Waals surface area contributed by atoms with E-state index in [2.05, 4.69) is 26.1 Å². The van der Waals surface area contributed by atoms with Crippen molar-refractivity contribution in [3.8, 4) is 0 Å². The summed E-state index contributed by atoms with van der Waals surface area (Å²) in [6, 6.07) is 6.07. The largest absolute Gasteiger partial charge is 0.314 e. The van der Waals surface area contributed by atoms with Gasteiger partial charge in [0.1, 0.15) is 5.82 Å². The first-order valence-corrected chi connectivity index (χ1v) is 7.41. The molecule has 0 saturated carbocycles. The van der Waals surface area contributed by atoms with Crippen molar-refractivity contribution in [2.75, 3.05) is 19.6 Å². The molecular formula is C14H18BrFN2. The van der Waals surface area contributed by atoms with Gasteiger partial charge >= 0.3 is 0 Å². The maximum absolute atomic E-state index is 13.8. The molecule has 0 amide bonds. The van der Waals surface area contributed by atoms with Crippen LogP contribution in [-0.2, 0) is 6.54 Å². The van der Waals surface area contributed by atoms with E-state index in [1.54, 1.807) is 6.07 Å². The Morgan fingerprint density at radius 3 is 3.11 bits per heavy atom. The van der Waals surface area contributed by atoms with E-state index in [9.17, 15) is 4.39 Å². The predicted octanol–water partition coefficient (Wildman–Crippen LogP) is 2.77. The number of halogens is 2. The highest BCUT2D eigenvalue weighted by Crippen LogP contribution is 2.26. The average Bonchev–Trinajstić information content (AvgIpc) is 2.80. The Balaban J connectivity index is 1.66. The minimum atomic E-state index is -0.101. The van der Waals surface area contributed by atoms with Crippen LogP contribution in [0.2, 0.25) is 0 Å². The van der Waals surface area contributed by atoms with Gasteiger partial charge in [-0.1, -0.05) is 22.0 Å². The van der Waals surface area contributed by atoms with E-state index in [1.165, 1.54) is 12.8 Å². The van der Waals surface area contributed by atoms with Gasteiger partial charge in [0.05, 0.1) is 0 Å². The summed E-state index contributed by atoms with van der Waals surface area (Å²) in [5.74, 6) is 0.660. The maximum atomic E-state index is 13.8. The highest BCUT2D eigenvalue weighted by atomic mass is 79.9. The smallest absolute Gasteiger partial charge is 0.128 e.